The fourth-order valence-electron chi connectivity index (χ4n) is 1.98. The summed E-state index contributed by atoms with van der Waals surface area (Å²) in [6.07, 6.45) is -0.654. The van der Waals surface area contributed by atoms with Gasteiger partial charge in [0.1, 0.15) is 0 Å². The average molecular weight is 363 g/mol. The molecular formula is C16H17N3O5S. The van der Waals surface area contributed by atoms with Gasteiger partial charge in [0, 0.05) is 11.4 Å². The van der Waals surface area contributed by atoms with Crippen molar-refractivity contribution in [2.75, 3.05) is 24.3 Å². The van der Waals surface area contributed by atoms with E-state index in [1.54, 1.807) is 6.07 Å². The Balaban J connectivity index is 2.27. The Hall–Kier alpha value is -2.91. The Morgan fingerprint density at radius 2 is 1.68 bits per heavy atom. The molecule has 0 bridgehead atoms. The van der Waals surface area contributed by atoms with Gasteiger partial charge in [0.05, 0.1) is 23.4 Å². The van der Waals surface area contributed by atoms with E-state index in [-0.39, 0.29) is 16.3 Å². The summed E-state index contributed by atoms with van der Waals surface area (Å²) in [4.78, 5) is 22.5. The fourth-order valence-corrected chi connectivity index (χ4v) is 3.28. The third-order valence-corrected chi connectivity index (χ3v) is 4.98. The van der Waals surface area contributed by atoms with E-state index in [1.807, 2.05) is 0 Å². The summed E-state index contributed by atoms with van der Waals surface area (Å²) in [7, 11) is -2.55. The number of carbonyl (C=O) groups excluding carboxylic acids is 2. The van der Waals surface area contributed by atoms with Gasteiger partial charge in [-0.3, -0.25) is 10.1 Å². The zero-order chi connectivity index (χ0) is 18.4. The zero-order valence-corrected chi connectivity index (χ0v) is 14.2. The lowest BCUT2D eigenvalue weighted by atomic mass is 10.3. The molecule has 2 amide bonds. The van der Waals surface area contributed by atoms with Crippen LogP contribution in [0, 0.1) is 0 Å². The minimum atomic E-state index is -3.78. The highest BCUT2D eigenvalue weighted by Crippen LogP contribution is 2.24. The minimum Gasteiger partial charge on any atom is -0.453 e. The maximum atomic E-state index is 12.7. The third kappa shape index (κ3) is 4.55. The molecule has 0 aliphatic rings. The van der Waals surface area contributed by atoms with Crippen molar-refractivity contribution in [2.45, 2.75) is 9.79 Å². The van der Waals surface area contributed by atoms with Crippen LogP contribution in [0.3, 0.4) is 0 Å². The highest BCUT2D eigenvalue weighted by atomic mass is 32.2. The largest absolute Gasteiger partial charge is 0.453 e. The van der Waals surface area contributed by atoms with Crippen LogP contribution in [0.5, 0.6) is 0 Å². The van der Waals surface area contributed by atoms with Crippen LogP contribution >= 0.6 is 0 Å². The lowest BCUT2D eigenvalue weighted by Gasteiger charge is -2.09. The van der Waals surface area contributed by atoms with Crippen LogP contribution in [-0.2, 0) is 19.4 Å². The summed E-state index contributed by atoms with van der Waals surface area (Å²) in [5, 5.41) is 4.93. The number of amides is 2. The topological polar surface area (TPSA) is 128 Å². The second kappa shape index (κ2) is 7.77. The molecule has 25 heavy (non-hydrogen) atoms. The van der Waals surface area contributed by atoms with Gasteiger partial charge >= 0.3 is 6.09 Å². The van der Waals surface area contributed by atoms with Gasteiger partial charge < -0.3 is 15.8 Å². The molecule has 0 aliphatic carbocycles. The number of carbonyl (C=O) groups is 2. The Kier molecular flexibility index (Phi) is 5.73. The lowest BCUT2D eigenvalue weighted by molar-refractivity contribution is -0.114. The molecule has 8 nitrogen and oxygen atoms in total. The molecule has 132 valence electrons. The molecule has 2 aromatic rings. The van der Waals surface area contributed by atoms with Crippen LogP contribution in [0.1, 0.15) is 0 Å². The molecule has 4 N–H and O–H groups in total. The van der Waals surface area contributed by atoms with Gasteiger partial charge in [-0.15, -0.1) is 0 Å². The van der Waals surface area contributed by atoms with Crippen molar-refractivity contribution in [2.24, 2.45) is 5.73 Å². The molecule has 0 heterocycles. The first kappa shape index (κ1) is 18.4. The smallest absolute Gasteiger partial charge is 0.411 e. The summed E-state index contributed by atoms with van der Waals surface area (Å²) in [5.74, 6) is -0.423. The minimum absolute atomic E-state index is 0.0241. The van der Waals surface area contributed by atoms with E-state index in [1.165, 1.54) is 49.6 Å². The molecule has 0 aliphatic heterocycles. The van der Waals surface area contributed by atoms with E-state index in [0.717, 1.165) is 0 Å². The van der Waals surface area contributed by atoms with Crippen molar-refractivity contribution in [1.29, 1.82) is 0 Å². The second-order valence-electron chi connectivity index (χ2n) is 4.92. The number of methoxy groups -OCH3 is 1. The Morgan fingerprint density at radius 3 is 2.28 bits per heavy atom. The zero-order valence-electron chi connectivity index (χ0n) is 13.4. The lowest BCUT2D eigenvalue weighted by Crippen LogP contribution is -2.21. The first-order chi connectivity index (χ1) is 11.9. The molecular weight excluding hydrogens is 346 g/mol. The van der Waals surface area contributed by atoms with Crippen molar-refractivity contribution < 1.29 is 22.7 Å². The number of hydrogen-bond donors (Lipinski definition) is 3. The molecule has 0 fully saturated rings. The molecule has 0 saturated heterocycles. The van der Waals surface area contributed by atoms with Crippen LogP contribution in [-0.4, -0.2) is 34.1 Å². The monoisotopic (exact) mass is 363 g/mol. The molecule has 0 spiro atoms. The number of ether oxygens (including phenoxy) is 1. The maximum absolute atomic E-state index is 12.7. The van der Waals surface area contributed by atoms with Crippen LogP contribution in [0.25, 0.3) is 0 Å². The Bertz CT molecular complexity index is 879. The van der Waals surface area contributed by atoms with Gasteiger partial charge in [-0.25, -0.2) is 13.2 Å². The molecule has 0 unspecified atom stereocenters. The molecule has 0 aromatic heterocycles. The third-order valence-electron chi connectivity index (χ3n) is 3.21. The number of benzene rings is 2. The summed E-state index contributed by atoms with van der Waals surface area (Å²) in [5.41, 5.74) is 5.96. The summed E-state index contributed by atoms with van der Waals surface area (Å²) in [6, 6.07) is 11.5. The Morgan fingerprint density at radius 1 is 1.00 bits per heavy atom. The number of hydrogen-bond acceptors (Lipinski definition) is 6. The van der Waals surface area contributed by atoms with Gasteiger partial charge in [-0.2, -0.15) is 0 Å². The molecule has 0 atom stereocenters. The molecule has 0 saturated carbocycles. The van der Waals surface area contributed by atoms with Gasteiger partial charge in [-0.1, -0.05) is 6.07 Å². The van der Waals surface area contributed by atoms with Gasteiger partial charge in [-0.05, 0) is 42.5 Å². The molecule has 9 heteroatoms. The quantitative estimate of drug-likeness (QED) is 0.740. The predicted molar refractivity (Wildman–Crippen MR) is 92.0 cm³/mol. The van der Waals surface area contributed by atoms with Crippen molar-refractivity contribution in [3.63, 3.8) is 0 Å². The summed E-state index contributed by atoms with van der Waals surface area (Å²) >= 11 is 0. The molecule has 2 aromatic carbocycles. The predicted octanol–water partition coefficient (Wildman–Crippen LogP) is 1.59. The fraction of sp³-hybridized carbons (Fsp3) is 0.125. The van der Waals surface area contributed by atoms with Gasteiger partial charge in [0.2, 0.25) is 15.7 Å². The number of anilines is 2. The van der Waals surface area contributed by atoms with Gasteiger partial charge in [0.25, 0.3) is 0 Å². The van der Waals surface area contributed by atoms with Crippen molar-refractivity contribution in [1.82, 2.24) is 0 Å². The summed E-state index contributed by atoms with van der Waals surface area (Å²) < 4.78 is 29.8. The first-order valence-corrected chi connectivity index (χ1v) is 8.65. The van der Waals surface area contributed by atoms with E-state index < -0.39 is 21.8 Å². The first-order valence-electron chi connectivity index (χ1n) is 7.17. The van der Waals surface area contributed by atoms with E-state index in [2.05, 4.69) is 15.4 Å². The standard InChI is InChI=1S/C16H17N3O5S/c1-24-16(21)19-11-5-7-13(8-6-11)25(22,23)14-4-2-3-12(9-14)18-15(20)10-17/h2-9H,10,17H2,1H3,(H,18,20)(H,19,21). The van der Waals surface area contributed by atoms with Crippen LogP contribution in [0.4, 0.5) is 16.2 Å². The van der Waals surface area contributed by atoms with E-state index in [0.29, 0.717) is 11.4 Å². The van der Waals surface area contributed by atoms with E-state index in [9.17, 15) is 18.0 Å². The number of nitrogens with two attached hydrogens (primary N) is 1. The van der Waals surface area contributed by atoms with Crippen molar-refractivity contribution in [3.8, 4) is 0 Å². The molecule has 2 rings (SSSR count). The van der Waals surface area contributed by atoms with Crippen LogP contribution < -0.4 is 16.4 Å². The highest BCUT2D eigenvalue weighted by molar-refractivity contribution is 7.91. The average Bonchev–Trinajstić information content (AvgIpc) is 2.62. The van der Waals surface area contributed by atoms with Crippen molar-refractivity contribution in [3.05, 3.63) is 48.5 Å². The van der Waals surface area contributed by atoms with E-state index in [4.69, 9.17) is 5.73 Å². The van der Waals surface area contributed by atoms with E-state index >= 15 is 0 Å². The Labute approximate surface area is 144 Å². The highest BCUT2D eigenvalue weighted by Gasteiger charge is 2.18. The SMILES string of the molecule is COC(=O)Nc1ccc(S(=O)(=O)c2cccc(NC(=O)CN)c2)cc1. The van der Waals surface area contributed by atoms with Crippen molar-refractivity contribution >= 4 is 33.2 Å². The van der Waals surface area contributed by atoms with Crippen LogP contribution in [0.15, 0.2) is 58.3 Å². The van der Waals surface area contributed by atoms with Gasteiger partial charge in [0.15, 0.2) is 0 Å². The number of nitrogens with one attached hydrogen (secondary N) is 2. The van der Waals surface area contributed by atoms with Crippen LogP contribution in [0.2, 0.25) is 0 Å². The summed E-state index contributed by atoms with van der Waals surface area (Å²) in [6.45, 7) is -0.203. The normalized spacial score (nSPS) is 10.8. The number of rotatable bonds is 5. The molecule has 0 radical (unpaired) electrons. The second-order valence-corrected chi connectivity index (χ2v) is 6.87. The number of sulfone groups is 1. The maximum Gasteiger partial charge on any atom is 0.411 e.